The van der Waals surface area contributed by atoms with Crippen LogP contribution in [-0.4, -0.2) is 16.9 Å². The van der Waals surface area contributed by atoms with E-state index in [9.17, 15) is 9.59 Å². The zero-order valence-corrected chi connectivity index (χ0v) is 13.1. The van der Waals surface area contributed by atoms with Crippen LogP contribution in [0.5, 0.6) is 5.75 Å². The van der Waals surface area contributed by atoms with E-state index in [-0.39, 0.29) is 5.78 Å². The van der Waals surface area contributed by atoms with Gasteiger partial charge in [0.05, 0.1) is 0 Å². The third-order valence-electron chi connectivity index (χ3n) is 3.52. The third kappa shape index (κ3) is 4.54. The normalized spacial score (nSPS) is 10.7. The number of ether oxygens (including phenoxy) is 1. The Morgan fingerprint density at radius 3 is 2.35 bits per heavy atom. The quantitative estimate of drug-likeness (QED) is 0.652. The van der Waals surface area contributed by atoms with E-state index >= 15 is 0 Å². The van der Waals surface area contributed by atoms with Crippen LogP contribution in [0.1, 0.15) is 27.0 Å². The Balaban J connectivity index is 2.11. The first-order valence-electron chi connectivity index (χ1n) is 7.20. The molecule has 0 aliphatic carbocycles. The second-order valence-electron chi connectivity index (χ2n) is 5.22. The van der Waals surface area contributed by atoms with Crippen molar-refractivity contribution >= 4 is 11.8 Å². The number of aliphatic carboxylic acids is 1. The first-order valence-corrected chi connectivity index (χ1v) is 7.20. The van der Waals surface area contributed by atoms with Crippen molar-refractivity contribution in [1.29, 1.82) is 0 Å². The molecule has 4 heteroatoms. The number of ketones is 1. The van der Waals surface area contributed by atoms with Crippen molar-refractivity contribution in [2.24, 2.45) is 0 Å². The molecule has 1 N–H and O–H groups in total. The van der Waals surface area contributed by atoms with E-state index in [2.05, 4.69) is 0 Å². The van der Waals surface area contributed by atoms with Crippen LogP contribution in [-0.2, 0) is 11.4 Å². The molecule has 0 amide bonds. The first kappa shape index (κ1) is 16.5. The number of hydrogen-bond donors (Lipinski definition) is 1. The molecule has 0 fully saturated rings. The molecule has 0 heterocycles. The molecular formula is C19H18O4. The molecule has 0 radical (unpaired) electrons. The van der Waals surface area contributed by atoms with Gasteiger partial charge in [0, 0.05) is 11.6 Å². The smallest absolute Gasteiger partial charge is 0.328 e. The molecule has 118 valence electrons. The summed E-state index contributed by atoms with van der Waals surface area (Å²) in [5, 5.41) is 8.56. The fourth-order valence-corrected chi connectivity index (χ4v) is 2.21. The van der Waals surface area contributed by atoms with Crippen LogP contribution in [0.3, 0.4) is 0 Å². The summed E-state index contributed by atoms with van der Waals surface area (Å²) in [6, 6.07) is 12.8. The van der Waals surface area contributed by atoms with E-state index in [0.29, 0.717) is 17.9 Å². The van der Waals surface area contributed by atoms with Gasteiger partial charge in [-0.1, -0.05) is 30.3 Å². The van der Waals surface area contributed by atoms with Gasteiger partial charge in [-0.3, -0.25) is 4.79 Å². The van der Waals surface area contributed by atoms with Crippen molar-refractivity contribution in [1.82, 2.24) is 0 Å². The second-order valence-corrected chi connectivity index (χ2v) is 5.22. The van der Waals surface area contributed by atoms with E-state index in [1.807, 2.05) is 32.0 Å². The van der Waals surface area contributed by atoms with Gasteiger partial charge in [0.2, 0.25) is 0 Å². The highest BCUT2D eigenvalue weighted by molar-refractivity contribution is 6.07. The molecule has 0 spiro atoms. The average Bonchev–Trinajstić information content (AvgIpc) is 2.52. The third-order valence-corrected chi connectivity index (χ3v) is 3.52. The lowest BCUT2D eigenvalue weighted by molar-refractivity contribution is -0.131. The molecule has 0 aliphatic rings. The summed E-state index contributed by atoms with van der Waals surface area (Å²) in [5.74, 6) is -0.951. The average molecular weight is 310 g/mol. The predicted octanol–water partition coefficient (Wildman–Crippen LogP) is 3.71. The molecule has 0 saturated carbocycles. The molecule has 2 aromatic rings. The van der Waals surface area contributed by atoms with Crippen molar-refractivity contribution < 1.29 is 19.4 Å². The highest BCUT2D eigenvalue weighted by Crippen LogP contribution is 2.19. The Labute approximate surface area is 135 Å². The molecule has 2 aromatic carbocycles. The van der Waals surface area contributed by atoms with Crippen LogP contribution in [0, 0.1) is 13.8 Å². The van der Waals surface area contributed by atoms with Crippen LogP contribution in [0.2, 0.25) is 0 Å². The molecule has 2 rings (SSSR count). The van der Waals surface area contributed by atoms with Gasteiger partial charge < -0.3 is 9.84 Å². The van der Waals surface area contributed by atoms with Crippen LogP contribution in [0.4, 0.5) is 0 Å². The summed E-state index contributed by atoms with van der Waals surface area (Å²) in [6.07, 6.45) is 1.86. The molecular weight excluding hydrogens is 292 g/mol. The van der Waals surface area contributed by atoms with Gasteiger partial charge in [-0.25, -0.2) is 4.79 Å². The zero-order valence-electron chi connectivity index (χ0n) is 13.1. The van der Waals surface area contributed by atoms with E-state index in [1.54, 1.807) is 24.3 Å². The van der Waals surface area contributed by atoms with Gasteiger partial charge >= 0.3 is 5.97 Å². The van der Waals surface area contributed by atoms with Gasteiger partial charge in [0.25, 0.3) is 0 Å². The lowest BCUT2D eigenvalue weighted by atomic mass is 10.0. The molecule has 0 saturated heterocycles. The summed E-state index contributed by atoms with van der Waals surface area (Å²) in [4.78, 5) is 22.3. The maximum Gasteiger partial charge on any atom is 0.328 e. The summed E-state index contributed by atoms with van der Waals surface area (Å²) >= 11 is 0. The highest BCUT2D eigenvalue weighted by Gasteiger charge is 2.06. The van der Waals surface area contributed by atoms with Crippen molar-refractivity contribution in [3.05, 3.63) is 76.9 Å². The van der Waals surface area contributed by atoms with Gasteiger partial charge in [0.15, 0.2) is 5.78 Å². The molecule has 4 nitrogen and oxygen atoms in total. The summed E-state index contributed by atoms with van der Waals surface area (Å²) in [6.45, 7) is 4.48. The molecule has 0 bridgehead atoms. The fraction of sp³-hybridized carbons (Fsp3) is 0.158. The largest absolute Gasteiger partial charge is 0.489 e. The maximum atomic E-state index is 11.9. The van der Waals surface area contributed by atoms with E-state index in [1.165, 1.54) is 0 Å². The van der Waals surface area contributed by atoms with Gasteiger partial charge in [-0.15, -0.1) is 0 Å². The Hall–Kier alpha value is -2.88. The minimum atomic E-state index is -1.15. The SMILES string of the molecule is Cc1cccc(C)c1COc1cccc(C(=O)/C=C/C(=O)O)c1. The van der Waals surface area contributed by atoms with Crippen molar-refractivity contribution in [3.8, 4) is 5.75 Å². The lowest BCUT2D eigenvalue weighted by Crippen LogP contribution is -2.02. The second kappa shape index (κ2) is 7.40. The molecule has 0 aromatic heterocycles. The minimum Gasteiger partial charge on any atom is -0.489 e. The molecule has 0 atom stereocenters. The molecule has 0 unspecified atom stereocenters. The molecule has 0 aliphatic heterocycles. The number of hydrogen-bond acceptors (Lipinski definition) is 3. The van der Waals surface area contributed by atoms with Crippen molar-refractivity contribution in [3.63, 3.8) is 0 Å². The minimum absolute atomic E-state index is 0.370. The summed E-state index contributed by atoms with van der Waals surface area (Å²) in [5.41, 5.74) is 3.82. The standard InChI is InChI=1S/C19H18O4/c1-13-5-3-6-14(2)17(13)12-23-16-8-4-7-15(11-16)18(20)9-10-19(21)22/h3-11H,12H2,1-2H3,(H,21,22)/b10-9+. The first-order chi connectivity index (χ1) is 11.0. The number of benzene rings is 2. The van der Waals surface area contributed by atoms with Crippen LogP contribution >= 0.6 is 0 Å². The van der Waals surface area contributed by atoms with Gasteiger partial charge in [-0.2, -0.15) is 0 Å². The summed E-state index contributed by atoms with van der Waals surface area (Å²) < 4.78 is 5.78. The fourth-order valence-electron chi connectivity index (χ4n) is 2.21. The number of carbonyl (C=O) groups is 2. The Morgan fingerprint density at radius 2 is 1.70 bits per heavy atom. The topological polar surface area (TPSA) is 63.6 Å². The number of carboxylic acids is 1. The van der Waals surface area contributed by atoms with E-state index in [4.69, 9.17) is 9.84 Å². The maximum absolute atomic E-state index is 11.9. The highest BCUT2D eigenvalue weighted by atomic mass is 16.5. The van der Waals surface area contributed by atoms with Crippen LogP contribution in [0.25, 0.3) is 0 Å². The van der Waals surface area contributed by atoms with Crippen molar-refractivity contribution in [2.45, 2.75) is 20.5 Å². The lowest BCUT2D eigenvalue weighted by Gasteiger charge is -2.12. The van der Waals surface area contributed by atoms with Crippen LogP contribution < -0.4 is 4.74 Å². The Bertz CT molecular complexity index is 739. The van der Waals surface area contributed by atoms with E-state index < -0.39 is 5.97 Å². The van der Waals surface area contributed by atoms with Gasteiger partial charge in [-0.05, 0) is 48.7 Å². The van der Waals surface area contributed by atoms with Crippen LogP contribution in [0.15, 0.2) is 54.6 Å². The Kier molecular flexibility index (Phi) is 5.31. The van der Waals surface area contributed by atoms with Gasteiger partial charge in [0.1, 0.15) is 12.4 Å². The van der Waals surface area contributed by atoms with Crippen molar-refractivity contribution in [2.75, 3.05) is 0 Å². The number of carboxylic acid groups (broad SMARTS) is 1. The predicted molar refractivity (Wildman–Crippen MR) is 87.8 cm³/mol. The number of carbonyl (C=O) groups excluding carboxylic acids is 1. The molecule has 23 heavy (non-hydrogen) atoms. The zero-order chi connectivity index (χ0) is 16.8. The summed E-state index contributed by atoms with van der Waals surface area (Å²) in [7, 11) is 0. The number of allylic oxidation sites excluding steroid dienone is 1. The Morgan fingerprint density at radius 1 is 1.04 bits per heavy atom. The van der Waals surface area contributed by atoms with E-state index in [0.717, 1.165) is 28.8 Å². The number of aryl methyl sites for hydroxylation is 2. The monoisotopic (exact) mass is 310 g/mol. The number of rotatable bonds is 6.